The lowest BCUT2D eigenvalue weighted by Gasteiger charge is -2.23. The van der Waals surface area contributed by atoms with Gasteiger partial charge in [0, 0.05) is 48.9 Å². The van der Waals surface area contributed by atoms with Crippen LogP contribution in [0.2, 0.25) is 5.15 Å². The third-order valence-corrected chi connectivity index (χ3v) is 4.78. The van der Waals surface area contributed by atoms with Gasteiger partial charge in [0.05, 0.1) is 5.52 Å². The molecule has 1 aliphatic rings. The average Bonchev–Trinajstić information content (AvgIpc) is 3.13. The molecule has 0 saturated heterocycles. The van der Waals surface area contributed by atoms with E-state index in [2.05, 4.69) is 9.97 Å². The Labute approximate surface area is 161 Å². The van der Waals surface area contributed by atoms with Crippen LogP contribution >= 0.6 is 11.6 Å². The molecular weight excluding hydrogens is 366 g/mol. The third kappa shape index (κ3) is 3.66. The highest BCUT2D eigenvalue weighted by molar-refractivity contribution is 6.30. The van der Waals surface area contributed by atoms with Crippen LogP contribution in [0.25, 0.3) is 10.9 Å². The summed E-state index contributed by atoms with van der Waals surface area (Å²) in [6, 6.07) is 9.46. The number of ether oxygens (including phenoxy) is 2. The first-order chi connectivity index (χ1) is 13.1. The molecule has 3 aromatic rings. The van der Waals surface area contributed by atoms with Crippen LogP contribution in [0.5, 0.6) is 11.5 Å². The number of amides is 1. The number of rotatable bonds is 5. The topological polar surface area (TPSA) is 64.6 Å². The molecular formula is C20H18ClN3O3. The minimum Gasteiger partial charge on any atom is -0.454 e. The lowest BCUT2D eigenvalue weighted by Crippen LogP contribution is -2.29. The van der Waals surface area contributed by atoms with Crippen molar-refractivity contribution in [2.75, 3.05) is 6.79 Å². The van der Waals surface area contributed by atoms with Gasteiger partial charge in [0.15, 0.2) is 11.5 Å². The monoisotopic (exact) mass is 383 g/mol. The maximum absolute atomic E-state index is 12.5. The number of carbonyl (C=O) groups is 1. The number of halogens is 1. The summed E-state index contributed by atoms with van der Waals surface area (Å²) in [4.78, 5) is 22.8. The van der Waals surface area contributed by atoms with Crippen LogP contribution < -0.4 is 9.47 Å². The first-order valence-electron chi connectivity index (χ1n) is 8.69. The van der Waals surface area contributed by atoms with Gasteiger partial charge in [-0.25, -0.2) is 4.98 Å². The first kappa shape index (κ1) is 17.5. The zero-order valence-electron chi connectivity index (χ0n) is 14.8. The van der Waals surface area contributed by atoms with Crippen LogP contribution in [-0.2, 0) is 17.9 Å². The van der Waals surface area contributed by atoms with E-state index in [9.17, 15) is 4.79 Å². The van der Waals surface area contributed by atoms with Crippen molar-refractivity contribution in [1.29, 1.82) is 0 Å². The predicted molar refractivity (Wildman–Crippen MR) is 102 cm³/mol. The highest BCUT2D eigenvalue weighted by Gasteiger charge is 2.19. The molecule has 138 valence electrons. The number of carbonyl (C=O) groups excluding carboxylic acids is 1. The summed E-state index contributed by atoms with van der Waals surface area (Å²) in [6.45, 7) is 2.89. The summed E-state index contributed by atoms with van der Waals surface area (Å²) >= 11 is 6.42. The van der Waals surface area contributed by atoms with Gasteiger partial charge in [-0.05, 0) is 23.8 Å². The quantitative estimate of drug-likeness (QED) is 0.624. The molecule has 0 saturated carbocycles. The molecule has 27 heavy (non-hydrogen) atoms. The van der Waals surface area contributed by atoms with Crippen molar-refractivity contribution in [2.45, 2.75) is 26.4 Å². The minimum atomic E-state index is 0.0423. The van der Waals surface area contributed by atoms with Gasteiger partial charge >= 0.3 is 0 Å². The number of pyridine rings is 2. The maximum Gasteiger partial charge on any atom is 0.231 e. The molecule has 1 aromatic carbocycles. The number of hydrogen-bond acceptors (Lipinski definition) is 5. The fourth-order valence-corrected chi connectivity index (χ4v) is 3.27. The molecule has 0 fully saturated rings. The van der Waals surface area contributed by atoms with Crippen LogP contribution in [0.1, 0.15) is 24.5 Å². The molecule has 0 spiro atoms. The van der Waals surface area contributed by atoms with Crippen molar-refractivity contribution in [3.63, 3.8) is 0 Å². The number of nitrogens with zero attached hydrogens (tertiary/aromatic N) is 3. The van der Waals surface area contributed by atoms with Gasteiger partial charge in [-0.2, -0.15) is 0 Å². The van der Waals surface area contributed by atoms with E-state index in [1.807, 2.05) is 37.3 Å². The fourth-order valence-electron chi connectivity index (χ4n) is 3.07. The highest BCUT2D eigenvalue weighted by Crippen LogP contribution is 2.36. The van der Waals surface area contributed by atoms with E-state index in [1.165, 1.54) is 0 Å². The standard InChI is InChI=1S/C20H18ClN3O3/c1-2-19(25)24(10-13-4-3-5-22-9-13)11-15-6-14-7-17-18(27-12-26-17)8-16(14)23-20(15)21/h3-9H,2,10-12H2,1H3. The van der Waals surface area contributed by atoms with Crippen LogP contribution in [0.4, 0.5) is 0 Å². The molecule has 4 rings (SSSR count). The molecule has 7 heteroatoms. The molecule has 6 nitrogen and oxygen atoms in total. The first-order valence-corrected chi connectivity index (χ1v) is 9.07. The van der Waals surface area contributed by atoms with E-state index in [-0.39, 0.29) is 12.7 Å². The highest BCUT2D eigenvalue weighted by atomic mass is 35.5. The molecule has 0 aliphatic carbocycles. The van der Waals surface area contributed by atoms with Crippen molar-refractivity contribution in [3.8, 4) is 11.5 Å². The molecule has 1 aliphatic heterocycles. The van der Waals surface area contributed by atoms with Gasteiger partial charge in [0.25, 0.3) is 0 Å². The molecule has 2 aromatic heterocycles. The van der Waals surface area contributed by atoms with Crippen molar-refractivity contribution in [2.24, 2.45) is 0 Å². The number of aromatic nitrogens is 2. The van der Waals surface area contributed by atoms with Gasteiger partial charge < -0.3 is 14.4 Å². The van der Waals surface area contributed by atoms with E-state index < -0.39 is 0 Å². The fraction of sp³-hybridized carbons (Fsp3) is 0.250. The van der Waals surface area contributed by atoms with Crippen molar-refractivity contribution in [1.82, 2.24) is 14.9 Å². The summed E-state index contributed by atoms with van der Waals surface area (Å²) in [5.74, 6) is 1.40. The smallest absolute Gasteiger partial charge is 0.231 e. The molecule has 0 radical (unpaired) electrons. The molecule has 1 amide bonds. The molecule has 3 heterocycles. The van der Waals surface area contributed by atoms with Gasteiger partial charge in [-0.3, -0.25) is 9.78 Å². The molecule has 0 bridgehead atoms. The van der Waals surface area contributed by atoms with E-state index in [4.69, 9.17) is 21.1 Å². The van der Waals surface area contributed by atoms with E-state index >= 15 is 0 Å². The summed E-state index contributed by atoms with van der Waals surface area (Å²) in [5, 5.41) is 1.27. The Balaban J connectivity index is 1.65. The third-order valence-electron chi connectivity index (χ3n) is 4.45. The predicted octanol–water partition coefficient (Wildman–Crippen LogP) is 3.95. The summed E-state index contributed by atoms with van der Waals surface area (Å²) in [7, 11) is 0. The number of hydrogen-bond donors (Lipinski definition) is 0. The minimum absolute atomic E-state index is 0.0423. The SMILES string of the molecule is CCC(=O)N(Cc1cccnc1)Cc1cc2cc3c(cc2nc1Cl)OCO3. The largest absolute Gasteiger partial charge is 0.454 e. The Hall–Kier alpha value is -2.86. The van der Waals surface area contributed by atoms with E-state index in [0.29, 0.717) is 36.2 Å². The van der Waals surface area contributed by atoms with Gasteiger partial charge in [-0.1, -0.05) is 24.6 Å². The average molecular weight is 384 g/mol. The van der Waals surface area contributed by atoms with E-state index in [0.717, 1.165) is 22.0 Å². The number of benzene rings is 1. The number of fused-ring (bicyclic) bond motifs is 2. The molecule has 0 atom stereocenters. The Morgan fingerprint density at radius 2 is 2.04 bits per heavy atom. The van der Waals surface area contributed by atoms with Crippen molar-refractivity contribution >= 4 is 28.4 Å². The Bertz CT molecular complexity index is 995. The second-order valence-corrected chi connectivity index (χ2v) is 6.66. The van der Waals surface area contributed by atoms with Crippen molar-refractivity contribution in [3.05, 3.63) is 59.0 Å². The van der Waals surface area contributed by atoms with E-state index in [1.54, 1.807) is 17.3 Å². The van der Waals surface area contributed by atoms with Crippen molar-refractivity contribution < 1.29 is 14.3 Å². The second-order valence-electron chi connectivity index (χ2n) is 6.30. The Morgan fingerprint density at radius 3 is 2.78 bits per heavy atom. The zero-order chi connectivity index (χ0) is 18.8. The Kier molecular flexibility index (Phi) is 4.81. The normalized spacial score (nSPS) is 12.4. The lowest BCUT2D eigenvalue weighted by atomic mass is 10.1. The zero-order valence-corrected chi connectivity index (χ0v) is 15.6. The lowest BCUT2D eigenvalue weighted by molar-refractivity contribution is -0.132. The second kappa shape index (κ2) is 7.40. The summed E-state index contributed by atoms with van der Waals surface area (Å²) in [6.07, 6.45) is 3.89. The van der Waals surface area contributed by atoms with Gasteiger partial charge in [-0.15, -0.1) is 0 Å². The van der Waals surface area contributed by atoms with Crippen LogP contribution in [0.15, 0.2) is 42.7 Å². The molecule has 0 N–H and O–H groups in total. The summed E-state index contributed by atoms with van der Waals surface area (Å²) in [5.41, 5.74) is 2.48. The molecule has 0 unspecified atom stereocenters. The van der Waals surface area contributed by atoms with Gasteiger partial charge in [0.1, 0.15) is 5.15 Å². The maximum atomic E-state index is 12.5. The van der Waals surface area contributed by atoms with Crippen LogP contribution in [0.3, 0.4) is 0 Å². The van der Waals surface area contributed by atoms with Crippen LogP contribution in [0, 0.1) is 0 Å². The van der Waals surface area contributed by atoms with Gasteiger partial charge in [0.2, 0.25) is 12.7 Å². The summed E-state index contributed by atoms with van der Waals surface area (Å²) < 4.78 is 10.8. The van der Waals surface area contributed by atoms with Crippen LogP contribution in [-0.4, -0.2) is 27.6 Å². The Morgan fingerprint density at radius 1 is 1.22 bits per heavy atom.